The molecule has 7 rings (SSSR count). The zero-order valence-corrected chi connectivity index (χ0v) is 22.5. The summed E-state index contributed by atoms with van der Waals surface area (Å²) in [7, 11) is 1.74. The first kappa shape index (κ1) is 24.4. The van der Waals surface area contributed by atoms with Gasteiger partial charge in [0, 0.05) is 54.8 Å². The van der Waals surface area contributed by atoms with Crippen molar-refractivity contribution in [3.05, 3.63) is 77.9 Å². The molecule has 2 saturated carbocycles. The SMILES string of the molecule is C=CCN1C2CCC3N(C(c4ccc(C(=O)NN5CCCCC5)cc4)c4cccc(OC)c4)C4CCC1C234. The van der Waals surface area contributed by atoms with Crippen LogP contribution < -0.4 is 10.2 Å². The normalized spacial score (nSPS) is 33.0. The highest BCUT2D eigenvalue weighted by Crippen LogP contribution is 2.72. The third kappa shape index (κ3) is 3.46. The Bertz CT molecular complexity index is 1180. The smallest absolute Gasteiger partial charge is 0.265 e. The number of rotatable bonds is 8. The fourth-order valence-corrected chi connectivity index (χ4v) is 9.10. The molecule has 0 radical (unpaired) electrons. The number of methoxy groups -OCH3 is 1. The maximum absolute atomic E-state index is 13.0. The molecule has 1 N–H and O–H groups in total. The number of hydrogen-bond donors (Lipinski definition) is 1. The summed E-state index contributed by atoms with van der Waals surface area (Å²) in [6.45, 7) is 6.94. The summed E-state index contributed by atoms with van der Waals surface area (Å²) in [6, 6.07) is 19.8. The van der Waals surface area contributed by atoms with Gasteiger partial charge in [0.05, 0.1) is 13.2 Å². The largest absolute Gasteiger partial charge is 0.497 e. The van der Waals surface area contributed by atoms with Crippen molar-refractivity contribution in [2.24, 2.45) is 5.41 Å². The minimum atomic E-state index is -0.00617. The highest BCUT2D eigenvalue weighted by molar-refractivity contribution is 5.93. The topological polar surface area (TPSA) is 48.0 Å². The zero-order valence-electron chi connectivity index (χ0n) is 22.5. The molecule has 6 heteroatoms. The number of carbonyl (C=O) groups excluding carboxylic acids is 1. The van der Waals surface area contributed by atoms with Crippen molar-refractivity contribution >= 4 is 5.91 Å². The van der Waals surface area contributed by atoms with Crippen molar-refractivity contribution in [1.29, 1.82) is 0 Å². The van der Waals surface area contributed by atoms with Crippen molar-refractivity contribution in [3.63, 3.8) is 0 Å². The number of hydrazine groups is 1. The van der Waals surface area contributed by atoms with Gasteiger partial charge in [0.15, 0.2) is 0 Å². The molecule has 200 valence electrons. The second-order valence-corrected chi connectivity index (χ2v) is 11.9. The van der Waals surface area contributed by atoms with Crippen molar-refractivity contribution in [2.75, 3.05) is 26.7 Å². The molecule has 2 aromatic rings. The van der Waals surface area contributed by atoms with E-state index in [0.29, 0.717) is 29.6 Å². The number of nitrogens with zero attached hydrogens (tertiary/aromatic N) is 3. The van der Waals surface area contributed by atoms with Crippen LogP contribution in [0, 0.1) is 5.41 Å². The van der Waals surface area contributed by atoms with Crippen LogP contribution in [0.4, 0.5) is 0 Å². The number of likely N-dealkylation sites (tertiary alicyclic amines) is 2. The van der Waals surface area contributed by atoms with E-state index < -0.39 is 0 Å². The average Bonchev–Trinajstić information content (AvgIpc) is 3.40. The molecule has 0 aromatic heterocycles. The Hall–Kier alpha value is -2.67. The number of ether oxygens (including phenoxy) is 1. The Balaban J connectivity index is 1.19. The predicted molar refractivity (Wildman–Crippen MR) is 149 cm³/mol. The van der Waals surface area contributed by atoms with Crippen LogP contribution >= 0.6 is 0 Å². The summed E-state index contributed by atoms with van der Waals surface area (Å²) in [5.41, 5.74) is 6.85. The zero-order chi connectivity index (χ0) is 25.9. The Morgan fingerprint density at radius 2 is 1.68 bits per heavy atom. The first-order chi connectivity index (χ1) is 18.7. The van der Waals surface area contributed by atoms with Crippen molar-refractivity contribution < 1.29 is 9.53 Å². The second-order valence-electron chi connectivity index (χ2n) is 11.9. The van der Waals surface area contributed by atoms with Crippen LogP contribution in [0.25, 0.3) is 0 Å². The predicted octanol–water partition coefficient (Wildman–Crippen LogP) is 4.78. The van der Waals surface area contributed by atoms with Crippen LogP contribution in [0.3, 0.4) is 0 Å². The molecule has 1 spiro atoms. The third-order valence-electron chi connectivity index (χ3n) is 10.4. The number of nitrogens with one attached hydrogen (secondary N) is 1. The van der Waals surface area contributed by atoms with Gasteiger partial charge in [-0.15, -0.1) is 6.58 Å². The second kappa shape index (κ2) is 9.51. The monoisotopic (exact) mass is 512 g/mol. The van der Waals surface area contributed by atoms with E-state index in [2.05, 4.69) is 63.2 Å². The lowest BCUT2D eigenvalue weighted by atomic mass is 9.56. The summed E-state index contributed by atoms with van der Waals surface area (Å²) in [5, 5.41) is 2.07. The molecule has 2 aromatic carbocycles. The van der Waals surface area contributed by atoms with Crippen LogP contribution in [-0.4, -0.2) is 71.6 Å². The number of amides is 1. The standard InChI is InChI=1S/C32H40N4O2/c1-3-18-35-26-14-16-28-32(26)27(35)15-17-29(32)36(28)30(24-8-7-9-25(21-24)38-2)22-10-12-23(13-11-22)31(37)33-34-19-5-4-6-20-34/h3,7-13,21,26-30H,1,4-6,14-20H2,2H3,(H,33,37). The van der Waals surface area contributed by atoms with Gasteiger partial charge in [-0.2, -0.15) is 0 Å². The van der Waals surface area contributed by atoms with Crippen molar-refractivity contribution in [3.8, 4) is 5.75 Å². The highest BCUT2D eigenvalue weighted by atomic mass is 16.5. The first-order valence-corrected chi connectivity index (χ1v) is 14.6. The van der Waals surface area contributed by atoms with Crippen LogP contribution in [-0.2, 0) is 0 Å². The van der Waals surface area contributed by atoms with E-state index in [4.69, 9.17) is 4.74 Å². The molecule has 38 heavy (non-hydrogen) atoms. The van der Waals surface area contributed by atoms with Gasteiger partial charge in [0.25, 0.3) is 5.91 Å². The molecular formula is C32H40N4O2. The maximum atomic E-state index is 13.0. The fourth-order valence-electron chi connectivity index (χ4n) is 9.10. The van der Waals surface area contributed by atoms with Gasteiger partial charge >= 0.3 is 0 Å². The molecule has 5 atom stereocenters. The number of piperidine rings is 1. The van der Waals surface area contributed by atoms with Gasteiger partial charge < -0.3 is 4.74 Å². The van der Waals surface area contributed by atoms with E-state index in [-0.39, 0.29) is 11.9 Å². The average molecular weight is 513 g/mol. The molecule has 5 aliphatic rings. The van der Waals surface area contributed by atoms with Crippen molar-refractivity contribution in [2.45, 2.75) is 75.2 Å². The molecule has 0 bridgehead atoms. The molecule has 1 amide bonds. The van der Waals surface area contributed by atoms with E-state index in [1.807, 2.05) is 18.2 Å². The van der Waals surface area contributed by atoms with Crippen molar-refractivity contribution in [1.82, 2.24) is 20.2 Å². The lowest BCUT2D eigenvalue weighted by Gasteiger charge is -2.72. The molecule has 3 aliphatic heterocycles. The quantitative estimate of drug-likeness (QED) is 0.516. The third-order valence-corrected chi connectivity index (χ3v) is 10.4. The van der Waals surface area contributed by atoms with E-state index in [1.54, 1.807) is 7.11 Å². The van der Waals surface area contributed by atoms with E-state index in [9.17, 15) is 4.79 Å². The minimum absolute atomic E-state index is 0.00617. The van der Waals surface area contributed by atoms with Crippen LogP contribution in [0.2, 0.25) is 0 Å². The molecule has 2 aliphatic carbocycles. The molecule has 5 unspecified atom stereocenters. The Morgan fingerprint density at radius 3 is 2.34 bits per heavy atom. The van der Waals surface area contributed by atoms with Crippen LogP contribution in [0.1, 0.15) is 72.5 Å². The maximum Gasteiger partial charge on any atom is 0.265 e. The van der Waals surface area contributed by atoms with Gasteiger partial charge in [-0.3, -0.25) is 20.0 Å². The Labute approximate surface area is 226 Å². The van der Waals surface area contributed by atoms with Gasteiger partial charge in [-0.05, 0) is 73.9 Å². The molecular weight excluding hydrogens is 472 g/mol. The molecule has 3 saturated heterocycles. The fraction of sp³-hybridized carbons (Fsp3) is 0.531. The minimum Gasteiger partial charge on any atom is -0.497 e. The van der Waals surface area contributed by atoms with Crippen LogP contribution in [0.15, 0.2) is 61.2 Å². The lowest BCUT2D eigenvalue weighted by Crippen LogP contribution is -2.83. The molecule has 3 heterocycles. The van der Waals surface area contributed by atoms with Gasteiger partial charge in [0.2, 0.25) is 0 Å². The summed E-state index contributed by atoms with van der Waals surface area (Å²) in [5.74, 6) is 0.892. The number of benzene rings is 2. The summed E-state index contributed by atoms with van der Waals surface area (Å²) < 4.78 is 5.64. The van der Waals surface area contributed by atoms with E-state index >= 15 is 0 Å². The summed E-state index contributed by atoms with van der Waals surface area (Å²) in [6.07, 6.45) is 10.8. The summed E-state index contributed by atoms with van der Waals surface area (Å²) in [4.78, 5) is 18.6. The van der Waals surface area contributed by atoms with Gasteiger partial charge in [-0.1, -0.05) is 36.8 Å². The molecule has 5 fully saturated rings. The molecule has 6 nitrogen and oxygen atoms in total. The van der Waals surface area contributed by atoms with E-state index in [1.165, 1.54) is 43.2 Å². The van der Waals surface area contributed by atoms with Gasteiger partial charge in [-0.25, -0.2) is 5.01 Å². The summed E-state index contributed by atoms with van der Waals surface area (Å²) >= 11 is 0. The van der Waals surface area contributed by atoms with Gasteiger partial charge in [0.1, 0.15) is 5.75 Å². The lowest BCUT2D eigenvalue weighted by molar-refractivity contribution is -0.235. The van der Waals surface area contributed by atoms with E-state index in [0.717, 1.165) is 43.8 Å². The Kier molecular flexibility index (Phi) is 6.10. The van der Waals surface area contributed by atoms with Crippen LogP contribution in [0.5, 0.6) is 5.75 Å². The number of hydrogen-bond acceptors (Lipinski definition) is 5. The number of carbonyl (C=O) groups is 1. The first-order valence-electron chi connectivity index (χ1n) is 14.6. The Morgan fingerprint density at radius 1 is 1.00 bits per heavy atom. The highest BCUT2D eigenvalue weighted by Gasteiger charge is 2.80.